The summed E-state index contributed by atoms with van der Waals surface area (Å²) in [5, 5.41) is 10.8. The molecule has 1 aromatic rings. The maximum atomic E-state index is 11.9. The predicted molar refractivity (Wildman–Crippen MR) is 83.3 cm³/mol. The lowest BCUT2D eigenvalue weighted by molar-refractivity contribution is -0.136. The molecule has 6 heteroatoms. The Bertz CT molecular complexity index is 521. The molecule has 1 atom stereocenters. The number of carbonyl (C=O) groups is 1. The summed E-state index contributed by atoms with van der Waals surface area (Å²) >= 11 is 0. The van der Waals surface area contributed by atoms with E-state index >= 15 is 0 Å². The molecule has 1 aromatic heterocycles. The van der Waals surface area contributed by atoms with Crippen LogP contribution in [0.3, 0.4) is 0 Å². The maximum absolute atomic E-state index is 11.9. The Labute approximate surface area is 131 Å². The number of nitrogens with zero attached hydrogens (tertiary/aromatic N) is 3. The SMILES string of the molecule is Cc1cnccc1CN1CCOC[C@](O)(CC(=O)N(C)C)C1. The van der Waals surface area contributed by atoms with Crippen molar-refractivity contribution in [1.29, 1.82) is 0 Å². The summed E-state index contributed by atoms with van der Waals surface area (Å²) in [4.78, 5) is 19.7. The van der Waals surface area contributed by atoms with Crippen molar-refractivity contribution in [3.63, 3.8) is 0 Å². The van der Waals surface area contributed by atoms with Crippen LogP contribution in [-0.4, -0.2) is 71.8 Å². The molecule has 0 aromatic carbocycles. The third-order valence-corrected chi connectivity index (χ3v) is 3.95. The van der Waals surface area contributed by atoms with Crippen LogP contribution in [0.15, 0.2) is 18.5 Å². The van der Waals surface area contributed by atoms with Gasteiger partial charge in [-0.25, -0.2) is 0 Å². The number of ether oxygens (including phenoxy) is 1. The van der Waals surface area contributed by atoms with Crippen LogP contribution in [0.25, 0.3) is 0 Å². The minimum atomic E-state index is -1.14. The fraction of sp³-hybridized carbons (Fsp3) is 0.625. The Hall–Kier alpha value is -1.50. The van der Waals surface area contributed by atoms with Gasteiger partial charge in [-0.2, -0.15) is 0 Å². The van der Waals surface area contributed by atoms with Crippen LogP contribution < -0.4 is 0 Å². The van der Waals surface area contributed by atoms with Gasteiger partial charge in [-0.15, -0.1) is 0 Å². The Morgan fingerprint density at radius 3 is 3.00 bits per heavy atom. The smallest absolute Gasteiger partial charge is 0.225 e. The summed E-state index contributed by atoms with van der Waals surface area (Å²) in [5.41, 5.74) is 1.16. The van der Waals surface area contributed by atoms with E-state index in [2.05, 4.69) is 9.88 Å². The fourth-order valence-electron chi connectivity index (χ4n) is 2.60. The summed E-state index contributed by atoms with van der Waals surface area (Å²) in [5.74, 6) is -0.0898. The Kier molecular flexibility index (Phi) is 5.50. The first-order valence-corrected chi connectivity index (χ1v) is 7.52. The molecule has 2 heterocycles. The average molecular weight is 307 g/mol. The number of aromatic nitrogens is 1. The lowest BCUT2D eigenvalue weighted by Crippen LogP contribution is -2.47. The monoisotopic (exact) mass is 307 g/mol. The molecule has 0 bridgehead atoms. The molecule has 1 amide bonds. The van der Waals surface area contributed by atoms with Crippen molar-refractivity contribution >= 4 is 5.91 Å². The molecule has 1 fully saturated rings. The Morgan fingerprint density at radius 2 is 2.32 bits per heavy atom. The van der Waals surface area contributed by atoms with Crippen LogP contribution in [-0.2, 0) is 16.1 Å². The van der Waals surface area contributed by atoms with E-state index in [-0.39, 0.29) is 18.9 Å². The van der Waals surface area contributed by atoms with Gasteiger partial charge in [0.2, 0.25) is 5.91 Å². The summed E-state index contributed by atoms with van der Waals surface area (Å²) < 4.78 is 5.51. The molecule has 0 aliphatic carbocycles. The minimum Gasteiger partial charge on any atom is -0.386 e. The standard InChI is InChI=1S/C16H25N3O3/c1-13-9-17-5-4-14(13)10-19-6-7-22-12-16(21,11-19)8-15(20)18(2)3/h4-5,9,21H,6-8,10-12H2,1-3H3/t16-/m0/s1. The quantitative estimate of drug-likeness (QED) is 0.874. The normalized spacial score (nSPS) is 23.1. The molecule has 1 aliphatic rings. The maximum Gasteiger partial charge on any atom is 0.225 e. The van der Waals surface area contributed by atoms with Crippen LogP contribution in [0.1, 0.15) is 17.5 Å². The van der Waals surface area contributed by atoms with Crippen molar-refractivity contribution in [1.82, 2.24) is 14.8 Å². The van der Waals surface area contributed by atoms with Crippen LogP contribution in [0.5, 0.6) is 0 Å². The highest BCUT2D eigenvalue weighted by Gasteiger charge is 2.35. The highest BCUT2D eigenvalue weighted by molar-refractivity contribution is 5.76. The predicted octanol–water partition coefficient (Wildman–Crippen LogP) is 0.432. The highest BCUT2D eigenvalue weighted by atomic mass is 16.5. The second kappa shape index (κ2) is 7.17. The summed E-state index contributed by atoms with van der Waals surface area (Å²) in [6.45, 7) is 4.66. The topological polar surface area (TPSA) is 65.9 Å². The second-order valence-electron chi connectivity index (χ2n) is 6.25. The van der Waals surface area contributed by atoms with Crippen molar-refractivity contribution < 1.29 is 14.6 Å². The number of rotatable bonds is 4. The zero-order valence-electron chi connectivity index (χ0n) is 13.6. The highest BCUT2D eigenvalue weighted by Crippen LogP contribution is 2.20. The van der Waals surface area contributed by atoms with Gasteiger partial charge in [0.25, 0.3) is 0 Å². The van der Waals surface area contributed by atoms with E-state index in [1.54, 1.807) is 20.3 Å². The molecule has 2 rings (SSSR count). The first kappa shape index (κ1) is 16.9. The van der Waals surface area contributed by atoms with Crippen LogP contribution in [0, 0.1) is 6.92 Å². The molecule has 22 heavy (non-hydrogen) atoms. The van der Waals surface area contributed by atoms with Crippen molar-refractivity contribution in [2.75, 3.05) is 40.4 Å². The third kappa shape index (κ3) is 4.50. The number of aryl methyl sites for hydroxylation is 1. The number of hydrogen-bond acceptors (Lipinski definition) is 5. The Balaban J connectivity index is 2.06. The van der Waals surface area contributed by atoms with Crippen molar-refractivity contribution in [3.8, 4) is 0 Å². The summed E-state index contributed by atoms with van der Waals surface area (Å²) in [6.07, 6.45) is 3.69. The molecular weight excluding hydrogens is 282 g/mol. The van der Waals surface area contributed by atoms with Gasteiger partial charge in [-0.1, -0.05) is 0 Å². The van der Waals surface area contributed by atoms with Crippen LogP contribution >= 0.6 is 0 Å². The average Bonchev–Trinajstić information content (AvgIpc) is 2.63. The molecule has 6 nitrogen and oxygen atoms in total. The first-order chi connectivity index (χ1) is 10.4. The molecule has 1 N–H and O–H groups in total. The van der Waals surface area contributed by atoms with E-state index in [1.807, 2.05) is 19.2 Å². The van der Waals surface area contributed by atoms with Crippen LogP contribution in [0.4, 0.5) is 0 Å². The van der Waals surface area contributed by atoms with Crippen molar-refractivity contribution in [2.45, 2.75) is 25.5 Å². The zero-order valence-corrected chi connectivity index (χ0v) is 13.6. The molecule has 1 saturated heterocycles. The van der Waals surface area contributed by atoms with Crippen molar-refractivity contribution in [2.24, 2.45) is 0 Å². The number of pyridine rings is 1. The minimum absolute atomic E-state index is 0.0752. The molecule has 1 aliphatic heterocycles. The van der Waals surface area contributed by atoms with E-state index in [9.17, 15) is 9.90 Å². The van der Waals surface area contributed by atoms with Gasteiger partial charge >= 0.3 is 0 Å². The first-order valence-electron chi connectivity index (χ1n) is 7.52. The molecule has 0 unspecified atom stereocenters. The molecule has 122 valence electrons. The lowest BCUT2D eigenvalue weighted by Gasteiger charge is -2.31. The van der Waals surface area contributed by atoms with Crippen LogP contribution in [0.2, 0.25) is 0 Å². The van der Waals surface area contributed by atoms with Crippen molar-refractivity contribution in [3.05, 3.63) is 29.6 Å². The van der Waals surface area contributed by atoms with Gasteiger partial charge in [0.15, 0.2) is 0 Å². The van der Waals surface area contributed by atoms with Gasteiger partial charge in [-0.05, 0) is 24.1 Å². The second-order valence-corrected chi connectivity index (χ2v) is 6.25. The van der Waals surface area contributed by atoms with E-state index in [4.69, 9.17) is 4.74 Å². The number of β-amino-alcohol motifs (C(OH)–C–C–N with tert-alkyl or cyclic N) is 1. The summed E-state index contributed by atoms with van der Waals surface area (Å²) in [6, 6.07) is 1.99. The van der Waals surface area contributed by atoms with Gasteiger partial charge in [0.05, 0.1) is 19.6 Å². The fourth-order valence-corrected chi connectivity index (χ4v) is 2.60. The van der Waals surface area contributed by atoms with E-state index in [0.717, 1.165) is 18.7 Å². The number of hydrogen-bond donors (Lipinski definition) is 1. The molecule has 0 saturated carbocycles. The lowest BCUT2D eigenvalue weighted by atomic mass is 9.99. The molecular formula is C16H25N3O3. The largest absolute Gasteiger partial charge is 0.386 e. The molecule has 0 radical (unpaired) electrons. The van der Waals surface area contributed by atoms with Gasteiger partial charge < -0.3 is 14.7 Å². The number of carbonyl (C=O) groups excluding carboxylic acids is 1. The third-order valence-electron chi connectivity index (χ3n) is 3.95. The van der Waals surface area contributed by atoms with E-state index in [1.165, 1.54) is 10.5 Å². The van der Waals surface area contributed by atoms with Gasteiger partial charge in [-0.3, -0.25) is 14.7 Å². The molecule has 0 spiro atoms. The number of amides is 1. The Morgan fingerprint density at radius 1 is 1.55 bits per heavy atom. The van der Waals surface area contributed by atoms with Gasteiger partial charge in [0, 0.05) is 46.1 Å². The summed E-state index contributed by atoms with van der Waals surface area (Å²) in [7, 11) is 3.39. The number of aliphatic hydroxyl groups is 1. The zero-order chi connectivity index (χ0) is 16.2. The van der Waals surface area contributed by atoms with E-state index < -0.39 is 5.60 Å². The van der Waals surface area contributed by atoms with Gasteiger partial charge in [0.1, 0.15) is 5.60 Å². The van der Waals surface area contributed by atoms with E-state index in [0.29, 0.717) is 13.2 Å².